The first-order valence-corrected chi connectivity index (χ1v) is 6.88. The number of hydrogen-bond acceptors (Lipinski definition) is 3. The summed E-state index contributed by atoms with van der Waals surface area (Å²) in [6.07, 6.45) is 3.02. The maximum absolute atomic E-state index is 12.1. The van der Waals surface area contributed by atoms with Crippen LogP contribution in [0.3, 0.4) is 0 Å². The van der Waals surface area contributed by atoms with Crippen LogP contribution in [0, 0.1) is 0 Å². The highest BCUT2D eigenvalue weighted by Gasteiger charge is 2.38. The van der Waals surface area contributed by atoms with Gasteiger partial charge in [0.15, 0.2) is 9.84 Å². The maximum atomic E-state index is 12.1. The van der Waals surface area contributed by atoms with Crippen molar-refractivity contribution in [3.05, 3.63) is 23.4 Å². The lowest BCUT2D eigenvalue weighted by Gasteiger charge is -2.04. The summed E-state index contributed by atoms with van der Waals surface area (Å²) >= 11 is 5.95. The molecule has 1 aromatic carbocycles. The Kier molecular flexibility index (Phi) is 2.03. The second-order valence-electron chi connectivity index (χ2n) is 3.95. The van der Waals surface area contributed by atoms with Crippen molar-refractivity contribution < 1.29 is 8.42 Å². The Balaban J connectivity index is 2.32. The Morgan fingerprint density at radius 2 is 2.12 bits per heavy atom. The number of fused-ring (bicyclic) bond motifs is 1. The lowest BCUT2D eigenvalue weighted by molar-refractivity contribution is 0.595. The first kappa shape index (κ1) is 10.1. The van der Waals surface area contributed by atoms with Crippen LogP contribution < -0.4 is 0 Å². The topological polar surface area (TPSA) is 62.8 Å². The van der Waals surface area contributed by atoms with Gasteiger partial charge in [-0.2, -0.15) is 5.10 Å². The smallest absolute Gasteiger partial charge is 0.181 e. The van der Waals surface area contributed by atoms with Crippen LogP contribution in [-0.2, 0) is 9.84 Å². The van der Waals surface area contributed by atoms with Crippen LogP contribution in [-0.4, -0.2) is 23.9 Å². The number of nitrogens with zero attached hydrogens (tertiary/aromatic N) is 1. The van der Waals surface area contributed by atoms with E-state index in [2.05, 4.69) is 10.2 Å². The average Bonchev–Trinajstić information content (AvgIpc) is 2.98. The fourth-order valence-corrected chi connectivity index (χ4v) is 3.82. The molecule has 0 radical (unpaired) electrons. The number of benzene rings is 1. The molecule has 0 saturated heterocycles. The van der Waals surface area contributed by atoms with E-state index in [0.717, 1.165) is 12.8 Å². The molecule has 0 bridgehead atoms. The summed E-state index contributed by atoms with van der Waals surface area (Å²) in [5.41, 5.74) is 0.586. The molecule has 0 amide bonds. The van der Waals surface area contributed by atoms with Gasteiger partial charge in [0.25, 0.3) is 0 Å². The highest BCUT2D eigenvalue weighted by molar-refractivity contribution is 7.92. The summed E-state index contributed by atoms with van der Waals surface area (Å²) in [4.78, 5) is 0.336. The third-order valence-electron chi connectivity index (χ3n) is 2.79. The minimum absolute atomic E-state index is 0.216. The summed E-state index contributed by atoms with van der Waals surface area (Å²) in [5.74, 6) is 0. The van der Waals surface area contributed by atoms with Gasteiger partial charge in [0, 0.05) is 5.39 Å². The van der Waals surface area contributed by atoms with E-state index in [1.54, 1.807) is 12.1 Å². The summed E-state index contributed by atoms with van der Waals surface area (Å²) < 4.78 is 24.3. The highest BCUT2D eigenvalue weighted by Crippen LogP contribution is 2.37. The molecule has 0 unspecified atom stereocenters. The standard InChI is InChI=1S/C10H9ClN2O2S/c11-8-3-4-9(7-5-12-13-10(7)8)16(14,15)6-1-2-6/h3-6H,1-2H2,(H,12,13). The maximum Gasteiger partial charge on any atom is 0.181 e. The molecule has 1 aliphatic carbocycles. The molecule has 3 rings (SSSR count). The summed E-state index contributed by atoms with van der Waals surface area (Å²) in [6, 6.07) is 3.16. The molecule has 1 saturated carbocycles. The van der Waals surface area contributed by atoms with Gasteiger partial charge >= 0.3 is 0 Å². The molecule has 1 N–H and O–H groups in total. The van der Waals surface area contributed by atoms with Gasteiger partial charge in [-0.25, -0.2) is 8.42 Å². The Morgan fingerprint density at radius 3 is 2.81 bits per heavy atom. The van der Waals surface area contributed by atoms with E-state index in [0.29, 0.717) is 20.8 Å². The number of hydrogen-bond donors (Lipinski definition) is 1. The van der Waals surface area contributed by atoms with E-state index >= 15 is 0 Å². The predicted molar refractivity (Wildman–Crippen MR) is 61.3 cm³/mol. The quantitative estimate of drug-likeness (QED) is 0.896. The SMILES string of the molecule is O=S(=O)(c1ccc(Cl)c2[nH]ncc12)C1CC1. The van der Waals surface area contributed by atoms with Crippen molar-refractivity contribution in [2.45, 2.75) is 23.0 Å². The first-order valence-electron chi connectivity index (χ1n) is 4.96. The molecular formula is C10H9ClN2O2S. The summed E-state index contributed by atoms with van der Waals surface area (Å²) in [5, 5.41) is 7.41. The normalized spacial score (nSPS) is 16.8. The molecule has 1 aliphatic rings. The zero-order valence-electron chi connectivity index (χ0n) is 8.27. The van der Waals surface area contributed by atoms with Gasteiger partial charge in [-0.05, 0) is 25.0 Å². The van der Waals surface area contributed by atoms with Crippen LogP contribution in [0.4, 0.5) is 0 Å². The average molecular weight is 257 g/mol. The van der Waals surface area contributed by atoms with Crippen molar-refractivity contribution >= 4 is 32.3 Å². The van der Waals surface area contributed by atoms with E-state index in [1.165, 1.54) is 6.20 Å². The van der Waals surface area contributed by atoms with Crippen molar-refractivity contribution in [3.8, 4) is 0 Å². The fraction of sp³-hybridized carbons (Fsp3) is 0.300. The van der Waals surface area contributed by atoms with Gasteiger partial charge in [0.05, 0.1) is 26.9 Å². The van der Waals surface area contributed by atoms with Crippen molar-refractivity contribution in [2.24, 2.45) is 0 Å². The molecule has 4 nitrogen and oxygen atoms in total. The highest BCUT2D eigenvalue weighted by atomic mass is 35.5. The van der Waals surface area contributed by atoms with E-state index < -0.39 is 9.84 Å². The van der Waals surface area contributed by atoms with Crippen LogP contribution in [0.2, 0.25) is 5.02 Å². The lowest BCUT2D eigenvalue weighted by Crippen LogP contribution is -2.07. The number of aromatic amines is 1. The summed E-state index contributed by atoms with van der Waals surface area (Å²) in [6.45, 7) is 0. The van der Waals surface area contributed by atoms with Gasteiger partial charge < -0.3 is 0 Å². The van der Waals surface area contributed by atoms with Gasteiger partial charge in [-0.15, -0.1) is 0 Å². The molecule has 1 aromatic heterocycles. The second-order valence-corrected chi connectivity index (χ2v) is 6.55. The van der Waals surface area contributed by atoms with Gasteiger partial charge in [0.2, 0.25) is 0 Å². The van der Waals surface area contributed by atoms with Crippen LogP contribution in [0.5, 0.6) is 0 Å². The van der Waals surface area contributed by atoms with E-state index in [1.807, 2.05) is 0 Å². The van der Waals surface area contributed by atoms with Crippen molar-refractivity contribution in [1.82, 2.24) is 10.2 Å². The monoisotopic (exact) mass is 256 g/mol. The molecule has 0 aliphatic heterocycles. The molecular weight excluding hydrogens is 248 g/mol. The number of sulfone groups is 1. The Hall–Kier alpha value is -1.07. The zero-order valence-corrected chi connectivity index (χ0v) is 9.85. The van der Waals surface area contributed by atoms with Crippen LogP contribution in [0.1, 0.15) is 12.8 Å². The van der Waals surface area contributed by atoms with Gasteiger partial charge in [0.1, 0.15) is 0 Å². The third kappa shape index (κ3) is 1.35. The lowest BCUT2D eigenvalue weighted by atomic mass is 10.2. The Labute approximate surface area is 97.5 Å². The fourth-order valence-electron chi connectivity index (χ4n) is 1.78. The van der Waals surface area contributed by atoms with Gasteiger partial charge in [-0.3, -0.25) is 5.10 Å². The number of aromatic nitrogens is 2. The third-order valence-corrected chi connectivity index (χ3v) is 5.43. The van der Waals surface area contributed by atoms with Crippen molar-refractivity contribution in [1.29, 1.82) is 0 Å². The molecule has 0 atom stereocenters. The number of nitrogens with one attached hydrogen (secondary N) is 1. The second kappa shape index (κ2) is 3.21. The minimum atomic E-state index is -3.20. The molecule has 84 valence electrons. The Bertz CT molecular complexity index is 659. The zero-order chi connectivity index (χ0) is 11.3. The van der Waals surface area contributed by atoms with E-state index in [9.17, 15) is 8.42 Å². The molecule has 6 heteroatoms. The molecule has 1 heterocycles. The number of rotatable bonds is 2. The number of halogens is 1. The van der Waals surface area contributed by atoms with Crippen LogP contribution >= 0.6 is 11.6 Å². The van der Waals surface area contributed by atoms with Crippen molar-refractivity contribution in [3.63, 3.8) is 0 Å². The largest absolute Gasteiger partial charge is 0.276 e. The Morgan fingerprint density at radius 1 is 1.38 bits per heavy atom. The molecule has 0 spiro atoms. The van der Waals surface area contributed by atoms with Crippen LogP contribution in [0.25, 0.3) is 10.9 Å². The predicted octanol–water partition coefficient (Wildman–Crippen LogP) is 2.15. The molecule has 1 fully saturated rings. The number of H-pyrrole nitrogens is 1. The molecule has 2 aromatic rings. The van der Waals surface area contributed by atoms with Gasteiger partial charge in [-0.1, -0.05) is 11.6 Å². The van der Waals surface area contributed by atoms with Crippen LogP contribution in [0.15, 0.2) is 23.2 Å². The van der Waals surface area contributed by atoms with E-state index in [-0.39, 0.29) is 5.25 Å². The molecule has 16 heavy (non-hydrogen) atoms. The van der Waals surface area contributed by atoms with E-state index in [4.69, 9.17) is 11.6 Å². The minimum Gasteiger partial charge on any atom is -0.276 e. The summed E-state index contributed by atoms with van der Waals surface area (Å²) in [7, 11) is -3.20. The first-order chi connectivity index (χ1) is 7.60. The van der Waals surface area contributed by atoms with Crippen molar-refractivity contribution in [2.75, 3.05) is 0 Å².